The van der Waals surface area contributed by atoms with Gasteiger partial charge >= 0.3 is 18.2 Å². The molecule has 8 rings (SSSR count). The number of nitrogen functional groups attached to an aromatic ring is 1. The summed E-state index contributed by atoms with van der Waals surface area (Å²) in [5, 5.41) is 47.5. The van der Waals surface area contributed by atoms with Gasteiger partial charge in [-0.05, 0) is 158 Å². The monoisotopic (exact) mass is 1130 g/mol. The first-order chi connectivity index (χ1) is 38.1. The average Bonchev–Trinajstić information content (AvgIpc) is 4.21. The van der Waals surface area contributed by atoms with E-state index in [0.29, 0.717) is 54.3 Å². The fourth-order valence-corrected chi connectivity index (χ4v) is 7.59. The van der Waals surface area contributed by atoms with Crippen LogP contribution in [-0.2, 0) is 35.7 Å². The molecule has 4 amide bonds. The fourth-order valence-electron chi connectivity index (χ4n) is 7.42. The highest BCUT2D eigenvalue weighted by molar-refractivity contribution is 6.31. The van der Waals surface area contributed by atoms with Crippen LogP contribution in [0.2, 0.25) is 5.02 Å². The number of benzene rings is 1. The number of aryl methyl sites for hydroxylation is 6. The summed E-state index contributed by atoms with van der Waals surface area (Å²) >= 11 is 6.02. The van der Waals surface area contributed by atoms with Gasteiger partial charge in [0.25, 0.3) is 11.8 Å². The van der Waals surface area contributed by atoms with E-state index in [4.69, 9.17) is 37.6 Å². The molecular weight excluding hydrogens is 1070 g/mol. The smallest absolute Gasteiger partial charge is 0.413 e. The van der Waals surface area contributed by atoms with Crippen molar-refractivity contribution >= 4 is 69.9 Å². The van der Waals surface area contributed by atoms with Crippen molar-refractivity contribution in [2.75, 3.05) is 16.4 Å². The third-order valence-corrected chi connectivity index (χ3v) is 11.3. The van der Waals surface area contributed by atoms with Crippen LogP contribution in [0.1, 0.15) is 129 Å². The Morgan fingerprint density at radius 2 is 1.16 bits per heavy atom. The number of hydrogen-bond donors (Lipinski definition) is 9. The Balaban J connectivity index is 0.000000213. The molecule has 27 nitrogen and oxygen atoms in total. The number of hydrogen-bond acceptors (Lipinski definition) is 19. The minimum Gasteiger partial charge on any atom is -0.476 e. The van der Waals surface area contributed by atoms with E-state index in [-0.39, 0.29) is 28.9 Å². The number of aromatic nitrogens is 13. The van der Waals surface area contributed by atoms with Gasteiger partial charge in [0.05, 0.1) is 35.7 Å². The molecule has 0 bridgehead atoms. The maximum atomic E-state index is 12.5. The van der Waals surface area contributed by atoms with E-state index in [2.05, 4.69) is 82.2 Å². The molecule has 0 aliphatic carbocycles. The lowest BCUT2D eigenvalue weighted by molar-refractivity contribution is 0.0624. The first-order valence-electron chi connectivity index (χ1n) is 24.9. The van der Waals surface area contributed by atoms with Crippen LogP contribution < -0.4 is 32.7 Å². The fraction of sp³-hybridized carbons (Fsp3) is 0.340. The number of aromatic carboxylic acids is 1. The number of carbonyl (C=O) groups excluding carboxylic acids is 4. The van der Waals surface area contributed by atoms with Crippen LogP contribution in [0.15, 0.2) is 67.3 Å². The summed E-state index contributed by atoms with van der Waals surface area (Å²) in [5.74, 6) is -0.351. The van der Waals surface area contributed by atoms with Crippen molar-refractivity contribution in [3.63, 3.8) is 0 Å². The van der Waals surface area contributed by atoms with Crippen LogP contribution in [0, 0.1) is 41.5 Å². The van der Waals surface area contributed by atoms with Crippen molar-refractivity contribution in [3.8, 4) is 0 Å². The molecule has 0 spiro atoms. The number of carboxylic acid groups (broad SMARTS) is 1. The van der Waals surface area contributed by atoms with E-state index in [1.165, 1.54) is 17.2 Å². The van der Waals surface area contributed by atoms with Gasteiger partial charge in [-0.25, -0.2) is 29.3 Å². The second-order valence-electron chi connectivity index (χ2n) is 20.0. The summed E-state index contributed by atoms with van der Waals surface area (Å²) in [6, 6.07) is 13.0. The molecule has 0 radical (unpaired) electrons. The van der Waals surface area contributed by atoms with Crippen LogP contribution >= 0.6 is 11.6 Å². The van der Waals surface area contributed by atoms with Crippen LogP contribution in [0.5, 0.6) is 0 Å². The van der Waals surface area contributed by atoms with Crippen molar-refractivity contribution in [1.82, 2.24) is 76.4 Å². The Morgan fingerprint density at radius 1 is 0.654 bits per heavy atom. The Bertz CT molecular complexity index is 3410. The lowest BCUT2D eigenvalue weighted by Crippen LogP contribution is -2.28. The molecule has 81 heavy (non-hydrogen) atoms. The topological polar surface area (TPSA) is 390 Å². The van der Waals surface area contributed by atoms with Crippen molar-refractivity contribution in [2.45, 2.75) is 120 Å². The number of ether oxygens (including phenoxy) is 2. The van der Waals surface area contributed by atoms with Crippen molar-refractivity contribution in [1.29, 1.82) is 0 Å². The second-order valence-corrected chi connectivity index (χ2v) is 20.4. The standard InChI is InChI=1S/C21H20ClN7O.C16H22N6O3.C13H21N3O2.C3H3N3O2/c1-12-5-20(23)27-13(2)17(12)9-25-21(30)19-10-26-29(28-19)11-14-3-4-18-15(6-14)7-16(22)8-24-18;1-9-6-13(20-15(24)25-16(3,4)5)19-10(2)11(9)7-17-14(23)12-8-18-22-21-12;1-8-6-11(15-9(2)10(8)7-14)16-12(17)18-13(3,4)5;7-3(8)2-1-4-6-5-2/h3-8,10H,9,11H2,1-2H3,(H2,23,27)(H,25,30);6,8H,7H2,1-5H3,(H,17,23)(H,18,21,22)(H,19,20,24);6H,7,14H2,1-5H3,(H,15,16,17);1H,(H,7,8)(H,4,5,6). The van der Waals surface area contributed by atoms with Gasteiger partial charge in [-0.3, -0.25) is 25.2 Å². The summed E-state index contributed by atoms with van der Waals surface area (Å²) in [7, 11) is 0. The number of nitrogens with two attached hydrogens (primary N) is 2. The summed E-state index contributed by atoms with van der Waals surface area (Å²) in [5.41, 5.74) is 20.5. The predicted molar refractivity (Wildman–Crippen MR) is 301 cm³/mol. The maximum absolute atomic E-state index is 12.5. The van der Waals surface area contributed by atoms with Crippen LogP contribution in [-0.4, -0.2) is 112 Å². The third-order valence-electron chi connectivity index (χ3n) is 11.1. The number of H-pyrrole nitrogens is 2. The molecule has 28 heteroatoms. The number of nitrogens with zero attached hydrogens (tertiary/aromatic N) is 11. The zero-order valence-corrected chi connectivity index (χ0v) is 47.7. The zero-order chi connectivity index (χ0) is 59.8. The van der Waals surface area contributed by atoms with E-state index in [1.54, 1.807) is 45.2 Å². The quantitative estimate of drug-likeness (QED) is 0.0586. The maximum Gasteiger partial charge on any atom is 0.413 e. The molecule has 7 aromatic heterocycles. The number of carbonyl (C=O) groups is 5. The number of aromatic amines is 2. The van der Waals surface area contributed by atoms with Crippen molar-refractivity contribution < 1.29 is 38.6 Å². The Labute approximate surface area is 471 Å². The van der Waals surface area contributed by atoms with Gasteiger partial charge in [0.1, 0.15) is 28.7 Å². The number of nitrogens with one attached hydrogen (secondary N) is 6. The molecule has 1 aromatic carbocycles. The highest BCUT2D eigenvalue weighted by atomic mass is 35.5. The van der Waals surface area contributed by atoms with E-state index < -0.39 is 29.4 Å². The minimum atomic E-state index is -1.07. The molecule has 0 saturated carbocycles. The van der Waals surface area contributed by atoms with E-state index in [0.717, 1.165) is 67.4 Å². The molecule has 8 aromatic rings. The Morgan fingerprint density at radius 3 is 1.63 bits per heavy atom. The van der Waals surface area contributed by atoms with Gasteiger partial charge in [-0.1, -0.05) is 17.7 Å². The second kappa shape index (κ2) is 27.9. The molecule has 428 valence electrons. The zero-order valence-electron chi connectivity index (χ0n) is 46.9. The summed E-state index contributed by atoms with van der Waals surface area (Å²) in [6.07, 6.45) is 4.49. The van der Waals surface area contributed by atoms with Crippen LogP contribution in [0.3, 0.4) is 0 Å². The molecule has 0 atom stereocenters. The number of amides is 4. The number of pyridine rings is 4. The molecule has 0 aliphatic rings. The summed E-state index contributed by atoms with van der Waals surface area (Å²) in [4.78, 5) is 76.4. The van der Waals surface area contributed by atoms with E-state index in [1.807, 2.05) is 86.6 Å². The van der Waals surface area contributed by atoms with E-state index in [9.17, 15) is 24.0 Å². The average molecular weight is 1130 g/mol. The molecule has 0 fully saturated rings. The Kier molecular flexibility index (Phi) is 21.5. The predicted octanol–water partition coefficient (Wildman–Crippen LogP) is 7.15. The van der Waals surface area contributed by atoms with Gasteiger partial charge in [0, 0.05) is 48.3 Å². The molecule has 0 unspecified atom stereocenters. The summed E-state index contributed by atoms with van der Waals surface area (Å²) < 4.78 is 10.4. The normalized spacial score (nSPS) is 10.9. The largest absolute Gasteiger partial charge is 0.476 e. The third kappa shape index (κ3) is 19.7. The van der Waals surface area contributed by atoms with Crippen molar-refractivity contribution in [3.05, 3.63) is 145 Å². The molecule has 0 saturated heterocycles. The van der Waals surface area contributed by atoms with Crippen molar-refractivity contribution in [2.24, 2.45) is 5.73 Å². The molecule has 0 aliphatic heterocycles. The van der Waals surface area contributed by atoms with Gasteiger partial charge < -0.3 is 36.7 Å². The number of halogens is 1. The Hall–Kier alpha value is -9.50. The lowest BCUT2D eigenvalue weighted by Gasteiger charge is -2.20. The first-order valence-corrected chi connectivity index (χ1v) is 25.3. The number of carboxylic acids is 1. The molecule has 7 heterocycles. The van der Waals surface area contributed by atoms with Gasteiger partial charge in [0.15, 0.2) is 17.1 Å². The molecule has 11 N–H and O–H groups in total. The SMILES string of the molecule is Cc1cc(N)nc(C)c1CNC(=O)c1cnn(Cc2ccc3ncc(Cl)cc3c2)n1.Cc1cc(NC(=O)OC(C)(C)C)nc(C)c1CN.Cc1cc(NC(=O)OC(C)(C)C)nc(C)c1CNC(=O)c1cn[nH]n1.O=C(O)c1cn[nH]n1. The number of rotatable bonds is 12. The van der Waals surface area contributed by atoms with E-state index >= 15 is 0 Å². The van der Waals surface area contributed by atoms with Gasteiger partial charge in [-0.2, -0.15) is 35.6 Å². The highest BCUT2D eigenvalue weighted by Crippen LogP contribution is 2.21. The highest BCUT2D eigenvalue weighted by Gasteiger charge is 2.20. The number of anilines is 3. The lowest BCUT2D eigenvalue weighted by atomic mass is 10.1. The first kappa shape index (κ1) is 62.3. The number of fused-ring (bicyclic) bond motifs is 1. The van der Waals surface area contributed by atoms with Crippen LogP contribution in [0.25, 0.3) is 10.9 Å². The minimum absolute atomic E-state index is 0.0648. The van der Waals surface area contributed by atoms with Gasteiger partial charge in [-0.15, -0.1) is 10.2 Å². The van der Waals surface area contributed by atoms with Gasteiger partial charge in [0.2, 0.25) is 0 Å². The summed E-state index contributed by atoms with van der Waals surface area (Å²) in [6.45, 7) is 23.6. The molecular formula is C53H66ClN19O8. The van der Waals surface area contributed by atoms with Crippen LogP contribution in [0.4, 0.5) is 27.0 Å².